The van der Waals surface area contributed by atoms with Crippen molar-refractivity contribution in [2.45, 2.75) is 39.7 Å². The largest absolute Gasteiger partial charge is 0.440 e. The molecule has 0 bridgehead atoms. The van der Waals surface area contributed by atoms with E-state index in [1.165, 1.54) is 0 Å². The van der Waals surface area contributed by atoms with Crippen molar-refractivity contribution < 1.29 is 4.74 Å². The fourth-order valence-electron chi connectivity index (χ4n) is 2.59. The van der Waals surface area contributed by atoms with Crippen LogP contribution in [0.5, 0.6) is 5.75 Å². The average Bonchev–Trinajstić information content (AvgIpc) is 2.37. The summed E-state index contributed by atoms with van der Waals surface area (Å²) in [4.78, 5) is 12.5. The van der Waals surface area contributed by atoms with Crippen LogP contribution < -0.4 is 16.0 Å². The van der Waals surface area contributed by atoms with Gasteiger partial charge >= 0.3 is 0 Å². The van der Waals surface area contributed by atoms with Crippen molar-refractivity contribution in [2.24, 2.45) is 5.73 Å². The Morgan fingerprint density at radius 2 is 2.21 bits per heavy atom. The third-order valence-corrected chi connectivity index (χ3v) is 3.53. The molecule has 0 radical (unpaired) electrons. The third-order valence-electron chi connectivity index (χ3n) is 3.53. The zero-order chi connectivity index (χ0) is 14.2. The number of ether oxygens (including phenoxy) is 1. The number of fused-ring (bicyclic) bond motifs is 1. The van der Waals surface area contributed by atoms with Crippen molar-refractivity contribution in [3.05, 3.63) is 39.1 Å². The van der Waals surface area contributed by atoms with E-state index in [-0.39, 0.29) is 17.4 Å². The van der Waals surface area contributed by atoms with Gasteiger partial charge in [-0.25, -0.2) is 0 Å². The highest BCUT2D eigenvalue weighted by molar-refractivity contribution is 5.49. The van der Waals surface area contributed by atoms with Crippen molar-refractivity contribution in [3.63, 3.8) is 0 Å². The first-order valence-corrected chi connectivity index (χ1v) is 6.37. The monoisotopic (exact) mass is 259 g/mol. The maximum atomic E-state index is 12.5. The molecule has 2 N–H and O–H groups in total. The van der Waals surface area contributed by atoms with Gasteiger partial charge in [0.05, 0.1) is 11.1 Å². The molecule has 1 aliphatic heterocycles. The number of aromatic nitrogens is 1. The van der Waals surface area contributed by atoms with Gasteiger partial charge in [-0.05, 0) is 20.3 Å². The fraction of sp³-hybridized carbons (Fsp3) is 0.429. The van der Waals surface area contributed by atoms with Gasteiger partial charge in [-0.3, -0.25) is 4.79 Å². The number of pyridine rings is 1. The number of nitrogens with two attached hydrogens (primary N) is 1. The first kappa shape index (κ1) is 13.2. The van der Waals surface area contributed by atoms with E-state index in [2.05, 4.69) is 6.07 Å². The van der Waals surface area contributed by atoms with E-state index in [1.807, 2.05) is 26.8 Å². The van der Waals surface area contributed by atoms with Gasteiger partial charge in [-0.15, -0.1) is 0 Å². The zero-order valence-corrected chi connectivity index (χ0v) is 11.4. The molecule has 0 aromatic carbocycles. The molecule has 0 saturated carbocycles. The summed E-state index contributed by atoms with van der Waals surface area (Å²) in [5, 5.41) is 9.18. The van der Waals surface area contributed by atoms with Crippen LogP contribution >= 0.6 is 0 Å². The Morgan fingerprint density at radius 1 is 1.53 bits per heavy atom. The summed E-state index contributed by atoms with van der Waals surface area (Å²) < 4.78 is 7.13. The third kappa shape index (κ3) is 1.89. The molecule has 2 rings (SSSR count). The highest BCUT2D eigenvalue weighted by Gasteiger charge is 2.31. The van der Waals surface area contributed by atoms with Crippen LogP contribution in [0.25, 0.3) is 0 Å². The first-order chi connectivity index (χ1) is 9.04. The SMILES string of the molecule is CC[C@H]1C(C#N)=C(N)Oc2cc(C)n(CC)c(=O)c21. The second-order valence-corrected chi connectivity index (χ2v) is 4.57. The molecule has 100 valence electrons. The van der Waals surface area contributed by atoms with Crippen molar-refractivity contribution in [3.8, 4) is 11.8 Å². The van der Waals surface area contributed by atoms with Gasteiger partial charge in [-0.2, -0.15) is 5.26 Å². The lowest BCUT2D eigenvalue weighted by Crippen LogP contribution is -2.31. The molecule has 2 heterocycles. The van der Waals surface area contributed by atoms with Crippen LogP contribution in [0, 0.1) is 18.3 Å². The Kier molecular flexibility index (Phi) is 3.34. The second kappa shape index (κ2) is 4.81. The normalized spacial score (nSPS) is 17.7. The molecule has 0 fully saturated rings. The van der Waals surface area contributed by atoms with Crippen LogP contribution in [-0.2, 0) is 6.54 Å². The maximum absolute atomic E-state index is 12.5. The molecule has 1 aliphatic rings. The number of hydrogen-bond acceptors (Lipinski definition) is 4. The number of hydrogen-bond donors (Lipinski definition) is 1. The maximum Gasteiger partial charge on any atom is 0.258 e. The van der Waals surface area contributed by atoms with Crippen molar-refractivity contribution in [1.29, 1.82) is 5.26 Å². The summed E-state index contributed by atoms with van der Waals surface area (Å²) in [6, 6.07) is 3.87. The molecule has 0 spiro atoms. The number of nitriles is 1. The predicted octanol–water partition coefficient (Wildman–Crippen LogP) is 1.76. The van der Waals surface area contributed by atoms with E-state index in [0.29, 0.717) is 29.9 Å². The summed E-state index contributed by atoms with van der Waals surface area (Å²) in [7, 11) is 0. The lowest BCUT2D eigenvalue weighted by molar-refractivity contribution is 0.381. The van der Waals surface area contributed by atoms with E-state index in [9.17, 15) is 10.1 Å². The van der Waals surface area contributed by atoms with Crippen LogP contribution in [0.4, 0.5) is 0 Å². The van der Waals surface area contributed by atoms with E-state index in [4.69, 9.17) is 10.5 Å². The highest BCUT2D eigenvalue weighted by atomic mass is 16.5. The Morgan fingerprint density at radius 3 is 2.74 bits per heavy atom. The minimum atomic E-state index is -0.278. The Labute approximate surface area is 111 Å². The van der Waals surface area contributed by atoms with E-state index >= 15 is 0 Å². The summed E-state index contributed by atoms with van der Waals surface area (Å²) in [5.74, 6) is 0.310. The molecule has 0 saturated heterocycles. The Hall–Kier alpha value is -2.22. The lowest BCUT2D eigenvalue weighted by atomic mass is 9.88. The molecule has 5 heteroatoms. The van der Waals surface area contributed by atoms with Gasteiger partial charge in [-0.1, -0.05) is 6.92 Å². The number of aryl methyl sites for hydroxylation is 1. The molecule has 0 aliphatic carbocycles. The zero-order valence-electron chi connectivity index (χ0n) is 11.4. The van der Waals surface area contributed by atoms with Gasteiger partial charge in [0.1, 0.15) is 11.8 Å². The van der Waals surface area contributed by atoms with E-state index in [1.54, 1.807) is 4.57 Å². The van der Waals surface area contributed by atoms with Crippen molar-refractivity contribution in [1.82, 2.24) is 4.57 Å². The summed E-state index contributed by atoms with van der Waals surface area (Å²) in [6.45, 7) is 6.30. The molecular formula is C14H17N3O2. The average molecular weight is 259 g/mol. The molecule has 19 heavy (non-hydrogen) atoms. The van der Waals surface area contributed by atoms with Crippen LogP contribution in [-0.4, -0.2) is 4.57 Å². The lowest BCUT2D eigenvalue weighted by Gasteiger charge is -2.26. The van der Waals surface area contributed by atoms with Gasteiger partial charge in [0.2, 0.25) is 5.88 Å². The molecule has 0 unspecified atom stereocenters. The Bertz CT molecular complexity index is 650. The second-order valence-electron chi connectivity index (χ2n) is 4.57. The molecular weight excluding hydrogens is 242 g/mol. The van der Waals surface area contributed by atoms with E-state index in [0.717, 1.165) is 5.69 Å². The molecule has 1 atom stereocenters. The summed E-state index contributed by atoms with van der Waals surface area (Å²) in [5.41, 5.74) is 7.39. The number of nitrogens with zero attached hydrogens (tertiary/aromatic N) is 2. The van der Waals surface area contributed by atoms with E-state index < -0.39 is 0 Å². The number of allylic oxidation sites excluding steroid dienone is 1. The molecule has 0 amide bonds. The minimum Gasteiger partial charge on any atom is -0.440 e. The van der Waals surface area contributed by atoms with Gasteiger partial charge < -0.3 is 15.0 Å². The fourth-order valence-corrected chi connectivity index (χ4v) is 2.59. The Balaban J connectivity index is 2.75. The standard InChI is InChI=1S/C14H17N3O2/c1-4-9-10(7-15)13(16)19-11-6-8(3)17(5-2)14(18)12(9)11/h6,9H,4-5,16H2,1-3H3/t9-/m0/s1. The quantitative estimate of drug-likeness (QED) is 0.877. The van der Waals surface area contributed by atoms with Crippen molar-refractivity contribution in [2.75, 3.05) is 0 Å². The number of rotatable bonds is 2. The van der Waals surface area contributed by atoms with Crippen LogP contribution in [0.3, 0.4) is 0 Å². The summed E-state index contributed by atoms with van der Waals surface area (Å²) >= 11 is 0. The minimum absolute atomic E-state index is 0.0930. The van der Waals surface area contributed by atoms with Gasteiger partial charge in [0.15, 0.2) is 0 Å². The summed E-state index contributed by atoms with van der Waals surface area (Å²) in [6.07, 6.45) is 0.641. The predicted molar refractivity (Wildman–Crippen MR) is 71.6 cm³/mol. The van der Waals surface area contributed by atoms with Crippen LogP contribution in [0.1, 0.15) is 37.4 Å². The first-order valence-electron chi connectivity index (χ1n) is 6.37. The van der Waals surface area contributed by atoms with Gasteiger partial charge in [0.25, 0.3) is 5.56 Å². The van der Waals surface area contributed by atoms with Crippen molar-refractivity contribution >= 4 is 0 Å². The topological polar surface area (TPSA) is 81.0 Å². The molecule has 1 aromatic rings. The van der Waals surface area contributed by atoms with Gasteiger partial charge in [0, 0.05) is 24.2 Å². The van der Waals surface area contributed by atoms with Crippen LogP contribution in [0.15, 0.2) is 22.3 Å². The molecule has 1 aromatic heterocycles. The smallest absolute Gasteiger partial charge is 0.258 e. The molecule has 5 nitrogen and oxygen atoms in total. The van der Waals surface area contributed by atoms with Crippen LogP contribution in [0.2, 0.25) is 0 Å². The highest BCUT2D eigenvalue weighted by Crippen LogP contribution is 2.37.